The molecule has 6 heteroatoms. The van der Waals surface area contributed by atoms with E-state index in [4.69, 9.17) is 11.5 Å². The lowest BCUT2D eigenvalue weighted by molar-refractivity contribution is 0.100. The van der Waals surface area contributed by atoms with Gasteiger partial charge in [-0.25, -0.2) is 9.97 Å². The van der Waals surface area contributed by atoms with Gasteiger partial charge in [0.25, 0.3) is 5.91 Å². The third-order valence-corrected chi connectivity index (χ3v) is 4.13. The number of hydrogen-bond acceptors (Lipinski definition) is 5. The molecule has 128 valence electrons. The van der Waals surface area contributed by atoms with E-state index in [9.17, 15) is 4.79 Å². The fourth-order valence-electron chi connectivity index (χ4n) is 2.95. The summed E-state index contributed by atoms with van der Waals surface area (Å²) in [5.74, 6) is 0.171. The number of nitrogen functional groups attached to an aromatic ring is 1. The zero-order chi connectivity index (χ0) is 17.8. The molecule has 1 heterocycles. The van der Waals surface area contributed by atoms with Gasteiger partial charge >= 0.3 is 0 Å². The third kappa shape index (κ3) is 3.52. The van der Waals surface area contributed by atoms with Crippen LogP contribution in [0.15, 0.2) is 48.8 Å². The van der Waals surface area contributed by atoms with E-state index in [-0.39, 0.29) is 6.04 Å². The Hall–Kier alpha value is -3.15. The minimum absolute atomic E-state index is 0.0591. The summed E-state index contributed by atoms with van der Waals surface area (Å²) in [7, 11) is 0. The number of nitrogens with one attached hydrogen (secondary N) is 1. The number of carbonyl (C=O) groups excluding carboxylic acids is 1. The number of nitrogens with zero attached hydrogens (tertiary/aromatic N) is 2. The number of hydrogen-bond donors (Lipinski definition) is 3. The second-order valence-electron chi connectivity index (χ2n) is 5.94. The van der Waals surface area contributed by atoms with Crippen molar-refractivity contribution in [2.45, 2.75) is 25.8 Å². The molecule has 25 heavy (non-hydrogen) atoms. The number of nitrogens with two attached hydrogens (primary N) is 2. The Morgan fingerprint density at radius 2 is 2.00 bits per heavy atom. The lowest BCUT2D eigenvalue weighted by Crippen LogP contribution is -2.14. The maximum absolute atomic E-state index is 11.6. The van der Waals surface area contributed by atoms with Gasteiger partial charge in [0.05, 0.1) is 17.1 Å². The van der Waals surface area contributed by atoms with Crippen LogP contribution in [0.5, 0.6) is 0 Å². The quantitative estimate of drug-likeness (QED) is 0.599. The maximum Gasteiger partial charge on any atom is 0.250 e. The molecule has 1 amide bonds. The number of fused-ring (bicyclic) bond motifs is 1. The average molecular weight is 335 g/mol. The number of rotatable bonds is 6. The van der Waals surface area contributed by atoms with E-state index < -0.39 is 5.91 Å². The SMILES string of the molecule is CCCC(Nc1ncnc2c(C(N)=O)cccc12)c1cccc(N)c1. The first-order valence-electron chi connectivity index (χ1n) is 8.25. The standard InChI is InChI=1S/C19H21N5O/c1-2-5-16(12-6-3-7-13(20)10-12)24-19-15-9-4-8-14(18(21)25)17(15)22-11-23-19/h3-4,6-11,16H,2,5,20H2,1H3,(H2,21,25)(H,22,23,24). The Morgan fingerprint density at radius 3 is 2.72 bits per heavy atom. The van der Waals surface area contributed by atoms with Crippen LogP contribution in [0.3, 0.4) is 0 Å². The molecule has 5 N–H and O–H groups in total. The lowest BCUT2D eigenvalue weighted by Gasteiger charge is -2.20. The Labute approximate surface area is 146 Å². The summed E-state index contributed by atoms with van der Waals surface area (Å²) in [6.07, 6.45) is 3.37. The van der Waals surface area contributed by atoms with Crippen LogP contribution < -0.4 is 16.8 Å². The lowest BCUT2D eigenvalue weighted by atomic mass is 10.0. The van der Waals surface area contributed by atoms with Crippen molar-refractivity contribution < 1.29 is 4.79 Å². The summed E-state index contributed by atoms with van der Waals surface area (Å²) in [5.41, 5.74) is 14.1. The number of primary amides is 1. The molecule has 0 radical (unpaired) electrons. The molecule has 0 aliphatic rings. The van der Waals surface area contributed by atoms with E-state index >= 15 is 0 Å². The van der Waals surface area contributed by atoms with Gasteiger partial charge in [0.2, 0.25) is 0 Å². The fourth-order valence-corrected chi connectivity index (χ4v) is 2.95. The molecule has 0 saturated carbocycles. The van der Waals surface area contributed by atoms with E-state index in [0.717, 1.165) is 29.5 Å². The molecular weight excluding hydrogens is 314 g/mol. The van der Waals surface area contributed by atoms with Crippen LogP contribution in [0.1, 0.15) is 41.7 Å². The fraction of sp³-hybridized carbons (Fsp3) is 0.211. The summed E-state index contributed by atoms with van der Waals surface area (Å²) < 4.78 is 0. The summed E-state index contributed by atoms with van der Waals surface area (Å²) in [5, 5.41) is 4.24. The molecule has 0 saturated heterocycles. The topological polar surface area (TPSA) is 107 Å². The summed E-state index contributed by atoms with van der Waals surface area (Å²) in [4.78, 5) is 20.2. The number of amides is 1. The molecule has 3 rings (SSSR count). The van der Waals surface area contributed by atoms with Gasteiger partial charge in [0, 0.05) is 11.1 Å². The second-order valence-corrected chi connectivity index (χ2v) is 5.94. The summed E-state index contributed by atoms with van der Waals surface area (Å²) in [6.45, 7) is 2.13. The predicted molar refractivity (Wildman–Crippen MR) is 100 cm³/mol. The smallest absolute Gasteiger partial charge is 0.250 e. The Bertz CT molecular complexity index is 909. The maximum atomic E-state index is 11.6. The average Bonchev–Trinajstić information content (AvgIpc) is 2.61. The van der Waals surface area contributed by atoms with E-state index in [2.05, 4.69) is 22.2 Å². The molecule has 0 fully saturated rings. The number of carbonyl (C=O) groups is 1. The summed E-state index contributed by atoms with van der Waals surface area (Å²) >= 11 is 0. The number of anilines is 2. The largest absolute Gasteiger partial charge is 0.399 e. The first kappa shape index (κ1) is 16.7. The van der Waals surface area contributed by atoms with Gasteiger partial charge in [-0.2, -0.15) is 0 Å². The molecule has 6 nitrogen and oxygen atoms in total. The van der Waals surface area contributed by atoms with Crippen LogP contribution in [0.4, 0.5) is 11.5 Å². The number of aromatic nitrogens is 2. The Kier molecular flexibility index (Phi) is 4.79. The van der Waals surface area contributed by atoms with Gasteiger partial charge in [0.1, 0.15) is 12.1 Å². The van der Waals surface area contributed by atoms with Gasteiger partial charge in [0.15, 0.2) is 0 Å². The van der Waals surface area contributed by atoms with Crippen LogP contribution >= 0.6 is 0 Å². The van der Waals surface area contributed by atoms with Crippen molar-refractivity contribution >= 4 is 28.3 Å². The second kappa shape index (κ2) is 7.17. The molecule has 0 aliphatic carbocycles. The highest BCUT2D eigenvalue weighted by atomic mass is 16.1. The highest BCUT2D eigenvalue weighted by Gasteiger charge is 2.15. The molecule has 1 aromatic heterocycles. The number of para-hydroxylation sites is 1. The Balaban J connectivity index is 2.03. The van der Waals surface area contributed by atoms with Gasteiger partial charge in [-0.05, 0) is 36.2 Å². The van der Waals surface area contributed by atoms with Crippen molar-refractivity contribution in [3.8, 4) is 0 Å². The van der Waals surface area contributed by atoms with Crippen molar-refractivity contribution in [1.82, 2.24) is 9.97 Å². The first-order chi connectivity index (χ1) is 12.1. The van der Waals surface area contributed by atoms with Crippen LogP contribution in [-0.4, -0.2) is 15.9 Å². The van der Waals surface area contributed by atoms with Crippen molar-refractivity contribution in [3.63, 3.8) is 0 Å². The van der Waals surface area contributed by atoms with Crippen molar-refractivity contribution in [1.29, 1.82) is 0 Å². The minimum Gasteiger partial charge on any atom is -0.399 e. The van der Waals surface area contributed by atoms with Crippen molar-refractivity contribution in [2.24, 2.45) is 5.73 Å². The minimum atomic E-state index is -0.504. The van der Waals surface area contributed by atoms with Crippen molar-refractivity contribution in [3.05, 3.63) is 59.9 Å². The van der Waals surface area contributed by atoms with Gasteiger partial charge in [-0.15, -0.1) is 0 Å². The zero-order valence-electron chi connectivity index (χ0n) is 14.1. The summed E-state index contributed by atoms with van der Waals surface area (Å²) in [6, 6.07) is 13.2. The van der Waals surface area contributed by atoms with Crippen LogP contribution in [0, 0.1) is 0 Å². The van der Waals surface area contributed by atoms with Crippen molar-refractivity contribution in [2.75, 3.05) is 11.1 Å². The first-order valence-corrected chi connectivity index (χ1v) is 8.25. The van der Waals surface area contributed by atoms with Gasteiger partial charge in [-0.3, -0.25) is 4.79 Å². The van der Waals surface area contributed by atoms with E-state index in [1.54, 1.807) is 12.1 Å². The van der Waals surface area contributed by atoms with Crippen LogP contribution in [-0.2, 0) is 0 Å². The van der Waals surface area contributed by atoms with Gasteiger partial charge in [-0.1, -0.05) is 31.5 Å². The van der Waals surface area contributed by atoms with Crippen LogP contribution in [0.25, 0.3) is 10.9 Å². The monoisotopic (exact) mass is 335 g/mol. The predicted octanol–water partition coefficient (Wildman–Crippen LogP) is 3.26. The molecular formula is C19H21N5O. The van der Waals surface area contributed by atoms with Gasteiger partial charge < -0.3 is 16.8 Å². The molecule has 2 aromatic carbocycles. The number of benzene rings is 2. The molecule has 0 aliphatic heterocycles. The van der Waals surface area contributed by atoms with Crippen LogP contribution in [0.2, 0.25) is 0 Å². The van der Waals surface area contributed by atoms with E-state index in [0.29, 0.717) is 16.9 Å². The van der Waals surface area contributed by atoms with E-state index in [1.807, 2.05) is 30.3 Å². The molecule has 1 unspecified atom stereocenters. The molecule has 0 spiro atoms. The van der Waals surface area contributed by atoms with E-state index in [1.165, 1.54) is 6.33 Å². The molecule has 1 atom stereocenters. The third-order valence-electron chi connectivity index (χ3n) is 4.13. The highest BCUT2D eigenvalue weighted by Crippen LogP contribution is 2.28. The Morgan fingerprint density at radius 1 is 1.20 bits per heavy atom. The molecule has 0 bridgehead atoms. The highest BCUT2D eigenvalue weighted by molar-refractivity contribution is 6.06. The molecule has 3 aromatic rings. The zero-order valence-corrected chi connectivity index (χ0v) is 14.1. The normalized spacial score (nSPS) is 12.0.